The van der Waals surface area contributed by atoms with Crippen molar-refractivity contribution in [2.24, 2.45) is 0 Å². The van der Waals surface area contributed by atoms with Crippen molar-refractivity contribution in [3.05, 3.63) is 35.4 Å². The van der Waals surface area contributed by atoms with Gasteiger partial charge in [-0.05, 0) is 24.3 Å². The molecule has 0 aliphatic carbocycles. The third-order valence-electron chi connectivity index (χ3n) is 1.92. The van der Waals surface area contributed by atoms with Gasteiger partial charge in [0.25, 0.3) is 5.91 Å². The van der Waals surface area contributed by atoms with Crippen molar-refractivity contribution in [1.29, 1.82) is 0 Å². The monoisotopic (exact) mass is 236 g/mol. The molecule has 6 nitrogen and oxygen atoms in total. The smallest absolute Gasteiger partial charge is 0.337 e. The minimum Gasteiger partial charge on any atom is -0.465 e. The van der Waals surface area contributed by atoms with Gasteiger partial charge in [-0.15, -0.1) is 0 Å². The fraction of sp³-hybridized carbons (Fsp3) is 0.182. The molecule has 0 aromatic heterocycles. The Balaban J connectivity index is 2.70. The number of nitrogens with one attached hydrogen (secondary N) is 2. The van der Waals surface area contributed by atoms with E-state index in [0.29, 0.717) is 11.1 Å². The van der Waals surface area contributed by atoms with Gasteiger partial charge in [-0.1, -0.05) is 0 Å². The lowest BCUT2D eigenvalue weighted by atomic mass is 10.1. The van der Waals surface area contributed by atoms with E-state index in [1.165, 1.54) is 38.3 Å². The molecule has 1 aromatic rings. The number of amides is 2. The fourth-order valence-corrected chi connectivity index (χ4v) is 1.09. The van der Waals surface area contributed by atoms with Gasteiger partial charge in [0.1, 0.15) is 0 Å². The number of esters is 1. The summed E-state index contributed by atoms with van der Waals surface area (Å²) in [7, 11) is 1.28. The molecule has 2 N–H and O–H groups in total. The van der Waals surface area contributed by atoms with Crippen LogP contribution in [0.4, 0.5) is 0 Å². The van der Waals surface area contributed by atoms with Crippen LogP contribution in [-0.4, -0.2) is 24.9 Å². The molecule has 0 radical (unpaired) electrons. The molecule has 1 aromatic carbocycles. The van der Waals surface area contributed by atoms with Crippen LogP contribution in [-0.2, 0) is 9.53 Å². The standard InChI is InChI=1S/C11H12N2O4/c1-7(14)12-13-10(15)8-3-5-9(6-4-8)11(16)17-2/h3-6H,1-2H3,(H,12,14)(H,13,15). The van der Waals surface area contributed by atoms with E-state index in [1.807, 2.05) is 0 Å². The second-order valence-electron chi connectivity index (χ2n) is 3.20. The Morgan fingerprint density at radius 2 is 1.53 bits per heavy atom. The molecule has 0 aliphatic rings. The van der Waals surface area contributed by atoms with Crippen molar-refractivity contribution in [3.8, 4) is 0 Å². The molecule has 0 atom stereocenters. The summed E-state index contributed by atoms with van der Waals surface area (Å²) < 4.78 is 4.52. The predicted molar refractivity (Wildman–Crippen MR) is 59.1 cm³/mol. The molecule has 0 aliphatic heterocycles. The first-order chi connectivity index (χ1) is 8.04. The quantitative estimate of drug-likeness (QED) is 0.569. The number of carbonyl (C=O) groups excluding carboxylic acids is 3. The molecular weight excluding hydrogens is 224 g/mol. The number of hydrogen-bond acceptors (Lipinski definition) is 4. The summed E-state index contributed by atoms with van der Waals surface area (Å²) in [6.45, 7) is 1.28. The molecular formula is C11H12N2O4. The summed E-state index contributed by atoms with van der Waals surface area (Å²) >= 11 is 0. The van der Waals surface area contributed by atoms with Gasteiger partial charge >= 0.3 is 5.97 Å². The van der Waals surface area contributed by atoms with Crippen LogP contribution in [0.25, 0.3) is 0 Å². The summed E-state index contributed by atoms with van der Waals surface area (Å²) in [6, 6.07) is 5.86. The third-order valence-corrected chi connectivity index (χ3v) is 1.92. The maximum atomic E-state index is 11.5. The largest absolute Gasteiger partial charge is 0.465 e. The summed E-state index contributed by atoms with van der Waals surface area (Å²) in [5.41, 5.74) is 5.04. The van der Waals surface area contributed by atoms with E-state index in [4.69, 9.17) is 0 Å². The minimum absolute atomic E-state index is 0.325. The van der Waals surface area contributed by atoms with Crippen LogP contribution in [0.3, 0.4) is 0 Å². The predicted octanol–water partition coefficient (Wildman–Crippen LogP) is 0.254. The SMILES string of the molecule is COC(=O)c1ccc(C(=O)NNC(C)=O)cc1. The first-order valence-corrected chi connectivity index (χ1v) is 4.80. The number of benzene rings is 1. The Morgan fingerprint density at radius 1 is 1.00 bits per heavy atom. The lowest BCUT2D eigenvalue weighted by molar-refractivity contribution is -0.119. The lowest BCUT2D eigenvalue weighted by Gasteiger charge is -2.05. The van der Waals surface area contributed by atoms with Crippen LogP contribution in [0, 0.1) is 0 Å². The molecule has 0 saturated carbocycles. The molecule has 0 heterocycles. The summed E-state index contributed by atoms with van der Waals surface area (Å²) in [4.78, 5) is 33.2. The van der Waals surface area contributed by atoms with Gasteiger partial charge in [-0.3, -0.25) is 20.4 Å². The van der Waals surface area contributed by atoms with Crippen LogP contribution in [0.15, 0.2) is 24.3 Å². The number of rotatable bonds is 2. The Bertz CT molecular complexity index is 439. The van der Waals surface area contributed by atoms with Gasteiger partial charge in [0.15, 0.2) is 0 Å². The number of methoxy groups -OCH3 is 1. The lowest BCUT2D eigenvalue weighted by Crippen LogP contribution is -2.40. The first-order valence-electron chi connectivity index (χ1n) is 4.80. The molecule has 0 bridgehead atoms. The topological polar surface area (TPSA) is 84.5 Å². The van der Waals surface area contributed by atoms with E-state index >= 15 is 0 Å². The molecule has 90 valence electrons. The van der Waals surface area contributed by atoms with Gasteiger partial charge in [-0.2, -0.15) is 0 Å². The number of hydrogen-bond donors (Lipinski definition) is 2. The van der Waals surface area contributed by atoms with Gasteiger partial charge in [-0.25, -0.2) is 4.79 Å². The van der Waals surface area contributed by atoms with Gasteiger partial charge in [0.2, 0.25) is 5.91 Å². The number of ether oxygens (including phenoxy) is 1. The van der Waals surface area contributed by atoms with Gasteiger partial charge in [0.05, 0.1) is 12.7 Å². The minimum atomic E-state index is -0.473. The Labute approximate surface area is 97.9 Å². The third kappa shape index (κ3) is 3.60. The molecule has 2 amide bonds. The van der Waals surface area contributed by atoms with Crippen molar-refractivity contribution in [2.75, 3.05) is 7.11 Å². The number of hydrazine groups is 1. The van der Waals surface area contributed by atoms with E-state index < -0.39 is 11.9 Å². The van der Waals surface area contributed by atoms with Gasteiger partial charge < -0.3 is 4.74 Å². The van der Waals surface area contributed by atoms with E-state index in [-0.39, 0.29) is 5.91 Å². The molecule has 0 fully saturated rings. The molecule has 0 saturated heterocycles. The first kappa shape index (κ1) is 12.7. The maximum absolute atomic E-state index is 11.5. The van der Waals surface area contributed by atoms with Crippen LogP contribution >= 0.6 is 0 Å². The zero-order valence-electron chi connectivity index (χ0n) is 9.44. The van der Waals surface area contributed by atoms with Crippen molar-refractivity contribution in [3.63, 3.8) is 0 Å². The van der Waals surface area contributed by atoms with Crippen LogP contribution in [0.5, 0.6) is 0 Å². The highest BCUT2D eigenvalue weighted by molar-refractivity contribution is 5.96. The van der Waals surface area contributed by atoms with E-state index in [1.54, 1.807) is 0 Å². The summed E-state index contributed by atoms with van der Waals surface area (Å²) in [5, 5.41) is 0. The van der Waals surface area contributed by atoms with Crippen molar-refractivity contribution in [2.45, 2.75) is 6.92 Å². The Morgan fingerprint density at radius 3 is 2.00 bits per heavy atom. The highest BCUT2D eigenvalue weighted by Gasteiger charge is 2.08. The summed E-state index contributed by atoms with van der Waals surface area (Å²) in [5.74, 6) is -1.31. The molecule has 0 unspecified atom stereocenters. The average Bonchev–Trinajstić information content (AvgIpc) is 2.35. The summed E-state index contributed by atoms with van der Waals surface area (Å²) in [6.07, 6.45) is 0. The highest BCUT2D eigenvalue weighted by atomic mass is 16.5. The normalized spacial score (nSPS) is 9.29. The second-order valence-corrected chi connectivity index (χ2v) is 3.20. The Hall–Kier alpha value is -2.37. The van der Waals surface area contributed by atoms with Crippen molar-refractivity contribution < 1.29 is 19.1 Å². The number of carbonyl (C=O) groups is 3. The second kappa shape index (κ2) is 5.64. The van der Waals surface area contributed by atoms with E-state index in [0.717, 1.165) is 0 Å². The van der Waals surface area contributed by atoms with E-state index in [9.17, 15) is 14.4 Å². The van der Waals surface area contributed by atoms with Crippen molar-refractivity contribution in [1.82, 2.24) is 10.9 Å². The Kier molecular flexibility index (Phi) is 4.21. The van der Waals surface area contributed by atoms with Crippen LogP contribution < -0.4 is 10.9 Å². The maximum Gasteiger partial charge on any atom is 0.337 e. The molecule has 1 rings (SSSR count). The molecule has 6 heteroatoms. The highest BCUT2D eigenvalue weighted by Crippen LogP contribution is 2.05. The zero-order chi connectivity index (χ0) is 12.8. The van der Waals surface area contributed by atoms with Crippen molar-refractivity contribution >= 4 is 17.8 Å². The van der Waals surface area contributed by atoms with Crippen LogP contribution in [0.2, 0.25) is 0 Å². The molecule has 0 spiro atoms. The van der Waals surface area contributed by atoms with Gasteiger partial charge in [0, 0.05) is 12.5 Å². The molecule has 17 heavy (non-hydrogen) atoms. The zero-order valence-corrected chi connectivity index (χ0v) is 9.44. The average molecular weight is 236 g/mol. The van der Waals surface area contributed by atoms with E-state index in [2.05, 4.69) is 15.6 Å². The fourth-order valence-electron chi connectivity index (χ4n) is 1.09. The van der Waals surface area contributed by atoms with Crippen LogP contribution in [0.1, 0.15) is 27.6 Å².